The van der Waals surface area contributed by atoms with Gasteiger partial charge < -0.3 is 10.0 Å². The zero-order chi connectivity index (χ0) is 13.9. The van der Waals surface area contributed by atoms with E-state index in [1.54, 1.807) is 0 Å². The Kier molecular flexibility index (Phi) is 4.82. The Labute approximate surface area is 107 Å². The first-order valence-corrected chi connectivity index (χ1v) is 6.10. The lowest BCUT2D eigenvalue weighted by Gasteiger charge is -2.40. The van der Waals surface area contributed by atoms with Crippen LogP contribution in [0.2, 0.25) is 0 Å². The largest absolute Gasteiger partial charge is 0.391 e. The number of nitrogens with zero attached hydrogens (tertiary/aromatic N) is 1. The summed E-state index contributed by atoms with van der Waals surface area (Å²) in [5.74, 6) is -1.21. The molecule has 0 aliphatic rings. The van der Waals surface area contributed by atoms with Crippen molar-refractivity contribution in [3.05, 3.63) is 35.4 Å². The summed E-state index contributed by atoms with van der Waals surface area (Å²) in [6.07, 6.45) is 0.205. The van der Waals surface area contributed by atoms with Crippen molar-refractivity contribution in [2.75, 3.05) is 14.1 Å². The second kappa shape index (κ2) is 5.76. The molecule has 1 aromatic rings. The molecule has 0 amide bonds. The molecule has 0 radical (unpaired) electrons. The van der Waals surface area contributed by atoms with Gasteiger partial charge in [0, 0.05) is 18.0 Å². The van der Waals surface area contributed by atoms with Gasteiger partial charge in [-0.1, -0.05) is 13.0 Å². The van der Waals surface area contributed by atoms with Crippen LogP contribution in [0.15, 0.2) is 18.2 Å². The van der Waals surface area contributed by atoms with Crippen molar-refractivity contribution in [2.24, 2.45) is 0 Å². The third-order valence-electron chi connectivity index (χ3n) is 3.88. The minimum Gasteiger partial charge on any atom is -0.391 e. The molecule has 2 atom stereocenters. The molecule has 0 spiro atoms. The van der Waals surface area contributed by atoms with E-state index in [-0.39, 0.29) is 6.42 Å². The summed E-state index contributed by atoms with van der Waals surface area (Å²) >= 11 is 0. The van der Waals surface area contributed by atoms with Crippen LogP contribution in [0, 0.1) is 11.6 Å². The number of aliphatic hydroxyl groups excluding tert-OH is 1. The number of benzene rings is 1. The number of rotatable bonds is 5. The molecule has 0 aliphatic heterocycles. The molecule has 2 nitrogen and oxygen atoms in total. The van der Waals surface area contributed by atoms with Gasteiger partial charge in [-0.2, -0.15) is 0 Å². The lowest BCUT2D eigenvalue weighted by atomic mass is 9.86. The van der Waals surface area contributed by atoms with Crippen LogP contribution in [0.5, 0.6) is 0 Å². The van der Waals surface area contributed by atoms with Gasteiger partial charge in [0.1, 0.15) is 11.6 Å². The maximum absolute atomic E-state index is 13.5. The van der Waals surface area contributed by atoms with E-state index in [1.807, 2.05) is 32.8 Å². The highest BCUT2D eigenvalue weighted by molar-refractivity contribution is 5.20. The summed E-state index contributed by atoms with van der Waals surface area (Å²) in [5, 5.41) is 10.3. The van der Waals surface area contributed by atoms with E-state index in [1.165, 1.54) is 12.1 Å². The fourth-order valence-electron chi connectivity index (χ4n) is 1.97. The van der Waals surface area contributed by atoms with Gasteiger partial charge in [0.05, 0.1) is 6.10 Å². The summed E-state index contributed by atoms with van der Waals surface area (Å²) in [4.78, 5) is 1.93. The van der Waals surface area contributed by atoms with Gasteiger partial charge in [0.2, 0.25) is 0 Å². The van der Waals surface area contributed by atoms with Gasteiger partial charge in [0.25, 0.3) is 0 Å². The van der Waals surface area contributed by atoms with Crippen LogP contribution in [0.3, 0.4) is 0 Å². The highest BCUT2D eigenvalue weighted by Crippen LogP contribution is 2.24. The summed E-state index contributed by atoms with van der Waals surface area (Å²) in [5.41, 5.74) is -0.0914. The van der Waals surface area contributed by atoms with Crippen LogP contribution < -0.4 is 0 Å². The predicted octanol–water partition coefficient (Wildman–Crippen LogP) is 2.60. The van der Waals surface area contributed by atoms with Crippen LogP contribution in [0.4, 0.5) is 8.78 Å². The SMILES string of the molecule is CCC(C)(C(O)Cc1ccc(F)cc1F)N(C)C. The Morgan fingerprint density at radius 1 is 1.33 bits per heavy atom. The molecule has 0 heterocycles. The Morgan fingerprint density at radius 2 is 1.94 bits per heavy atom. The Balaban J connectivity index is 2.89. The van der Waals surface area contributed by atoms with Gasteiger partial charge >= 0.3 is 0 Å². The van der Waals surface area contributed by atoms with Crippen LogP contribution >= 0.6 is 0 Å². The van der Waals surface area contributed by atoms with Gasteiger partial charge in [-0.15, -0.1) is 0 Å². The first kappa shape index (κ1) is 15.1. The van der Waals surface area contributed by atoms with Gasteiger partial charge in [-0.05, 0) is 39.1 Å². The van der Waals surface area contributed by atoms with Crippen molar-refractivity contribution < 1.29 is 13.9 Å². The normalized spacial score (nSPS) is 16.7. The fraction of sp³-hybridized carbons (Fsp3) is 0.571. The Bertz CT molecular complexity index is 409. The van der Waals surface area contributed by atoms with Crippen molar-refractivity contribution in [3.63, 3.8) is 0 Å². The molecule has 0 saturated carbocycles. The lowest BCUT2D eigenvalue weighted by molar-refractivity contribution is 0.00255. The first-order valence-electron chi connectivity index (χ1n) is 6.10. The second-order valence-electron chi connectivity index (χ2n) is 5.06. The van der Waals surface area contributed by atoms with Crippen molar-refractivity contribution in [3.8, 4) is 0 Å². The molecule has 102 valence electrons. The topological polar surface area (TPSA) is 23.5 Å². The van der Waals surface area contributed by atoms with Crippen LogP contribution in [0.1, 0.15) is 25.8 Å². The molecule has 1 N–H and O–H groups in total. The summed E-state index contributed by atoms with van der Waals surface area (Å²) in [7, 11) is 3.77. The maximum Gasteiger partial charge on any atom is 0.129 e. The molecule has 0 fully saturated rings. The zero-order valence-electron chi connectivity index (χ0n) is 11.4. The molecule has 0 bridgehead atoms. The van der Waals surface area contributed by atoms with Crippen LogP contribution in [0.25, 0.3) is 0 Å². The minimum absolute atomic E-state index is 0.175. The second-order valence-corrected chi connectivity index (χ2v) is 5.06. The summed E-state index contributed by atoms with van der Waals surface area (Å²) in [6.45, 7) is 3.91. The van der Waals surface area contributed by atoms with E-state index >= 15 is 0 Å². The molecule has 0 saturated heterocycles. The molecule has 0 aliphatic carbocycles. The van der Waals surface area contributed by atoms with E-state index in [0.717, 1.165) is 12.5 Å². The molecule has 4 heteroatoms. The van der Waals surface area contributed by atoms with Gasteiger partial charge in [-0.3, -0.25) is 0 Å². The highest BCUT2D eigenvalue weighted by atomic mass is 19.1. The maximum atomic E-state index is 13.5. The number of hydrogen-bond acceptors (Lipinski definition) is 2. The van der Waals surface area contributed by atoms with Crippen molar-refractivity contribution in [2.45, 2.75) is 38.3 Å². The standard InChI is InChI=1S/C14H21F2NO/c1-5-14(2,17(3)4)13(18)8-10-6-7-11(15)9-12(10)16/h6-7,9,13,18H,5,8H2,1-4H3. The smallest absolute Gasteiger partial charge is 0.129 e. The third kappa shape index (κ3) is 3.06. The summed E-state index contributed by atoms with van der Waals surface area (Å²) < 4.78 is 26.3. The van der Waals surface area contributed by atoms with E-state index in [9.17, 15) is 13.9 Å². The average Bonchev–Trinajstić information content (AvgIpc) is 2.31. The third-order valence-corrected chi connectivity index (χ3v) is 3.88. The van der Waals surface area contributed by atoms with Crippen LogP contribution in [-0.2, 0) is 6.42 Å². The predicted molar refractivity (Wildman–Crippen MR) is 68.5 cm³/mol. The lowest BCUT2D eigenvalue weighted by Crippen LogP contribution is -2.51. The van der Waals surface area contributed by atoms with Gasteiger partial charge in [0.15, 0.2) is 0 Å². The molecular weight excluding hydrogens is 236 g/mol. The molecule has 18 heavy (non-hydrogen) atoms. The highest BCUT2D eigenvalue weighted by Gasteiger charge is 2.33. The van der Waals surface area contributed by atoms with Crippen molar-refractivity contribution in [1.29, 1.82) is 0 Å². The van der Waals surface area contributed by atoms with Crippen LogP contribution in [-0.4, -0.2) is 35.7 Å². The fourth-order valence-corrected chi connectivity index (χ4v) is 1.97. The van der Waals surface area contributed by atoms with Gasteiger partial charge in [-0.25, -0.2) is 8.78 Å². The van der Waals surface area contributed by atoms with E-state index in [2.05, 4.69) is 0 Å². The monoisotopic (exact) mass is 257 g/mol. The number of hydrogen-bond donors (Lipinski definition) is 1. The van der Waals surface area contributed by atoms with Crippen molar-refractivity contribution in [1.82, 2.24) is 4.90 Å². The van der Waals surface area contributed by atoms with E-state index in [4.69, 9.17) is 0 Å². The first-order chi connectivity index (χ1) is 8.31. The molecule has 2 unspecified atom stereocenters. The number of halogens is 2. The Hall–Kier alpha value is -1.00. The average molecular weight is 257 g/mol. The Morgan fingerprint density at radius 3 is 2.39 bits per heavy atom. The van der Waals surface area contributed by atoms with E-state index < -0.39 is 23.3 Å². The van der Waals surface area contributed by atoms with Crippen molar-refractivity contribution >= 4 is 0 Å². The minimum atomic E-state index is -0.711. The molecule has 1 rings (SSSR count). The number of aliphatic hydroxyl groups is 1. The number of likely N-dealkylation sites (N-methyl/N-ethyl adjacent to an activating group) is 1. The summed E-state index contributed by atoms with van der Waals surface area (Å²) in [6, 6.07) is 3.45. The molecule has 0 aromatic heterocycles. The molecule has 1 aromatic carbocycles. The molecular formula is C14H21F2NO. The zero-order valence-corrected chi connectivity index (χ0v) is 11.4. The van der Waals surface area contributed by atoms with E-state index in [0.29, 0.717) is 5.56 Å². The quantitative estimate of drug-likeness (QED) is 0.876.